The van der Waals surface area contributed by atoms with Crippen molar-refractivity contribution in [2.45, 2.75) is 0 Å². The number of carboxylic acids is 1. The van der Waals surface area contributed by atoms with Crippen LogP contribution in [0.5, 0.6) is 0 Å². The van der Waals surface area contributed by atoms with Gasteiger partial charge in [0.1, 0.15) is 5.82 Å². The number of fused-ring (bicyclic) bond motifs is 1. The molecule has 0 atom stereocenters. The topological polar surface area (TPSA) is 50.2 Å². The number of carbonyl (C=O) groups is 1. The van der Waals surface area contributed by atoms with Gasteiger partial charge in [-0.25, -0.2) is 14.2 Å². The van der Waals surface area contributed by atoms with Crippen molar-refractivity contribution in [1.29, 1.82) is 0 Å². The van der Waals surface area contributed by atoms with Crippen molar-refractivity contribution in [3.63, 3.8) is 0 Å². The van der Waals surface area contributed by atoms with Crippen LogP contribution in [0.15, 0.2) is 66.0 Å². The zero-order valence-corrected chi connectivity index (χ0v) is 13.8. The molecule has 0 aliphatic heterocycles. The fourth-order valence-corrected chi connectivity index (χ4v) is 3.62. The lowest BCUT2D eigenvalue weighted by Crippen LogP contribution is -1.98. The van der Waals surface area contributed by atoms with Crippen LogP contribution >= 0.6 is 11.3 Å². The molecule has 0 aliphatic rings. The summed E-state index contributed by atoms with van der Waals surface area (Å²) in [5.74, 6) is -1.25. The first-order valence-electron chi connectivity index (χ1n) is 7.60. The second kappa shape index (κ2) is 6.11. The number of rotatable bonds is 3. The van der Waals surface area contributed by atoms with Crippen molar-refractivity contribution in [2.75, 3.05) is 0 Å². The highest BCUT2D eigenvalue weighted by molar-refractivity contribution is 7.17. The lowest BCUT2D eigenvalue weighted by atomic mass is 10.0. The summed E-state index contributed by atoms with van der Waals surface area (Å²) in [5.41, 5.74) is 3.57. The summed E-state index contributed by atoms with van der Waals surface area (Å²) in [6, 6.07) is 17.3. The van der Waals surface area contributed by atoms with E-state index in [1.807, 2.05) is 35.7 Å². The van der Waals surface area contributed by atoms with E-state index < -0.39 is 5.97 Å². The van der Waals surface area contributed by atoms with Crippen LogP contribution < -0.4 is 0 Å². The van der Waals surface area contributed by atoms with E-state index in [-0.39, 0.29) is 11.4 Å². The van der Waals surface area contributed by atoms with E-state index in [0.29, 0.717) is 21.5 Å². The highest BCUT2D eigenvalue weighted by atomic mass is 32.1. The molecule has 4 aromatic rings. The Hall–Kier alpha value is -3.05. The van der Waals surface area contributed by atoms with Gasteiger partial charge in [0.25, 0.3) is 0 Å². The van der Waals surface area contributed by atoms with Crippen molar-refractivity contribution in [2.24, 2.45) is 0 Å². The number of benzene rings is 2. The number of halogens is 1. The maximum Gasteiger partial charge on any atom is 0.337 e. The van der Waals surface area contributed by atoms with Crippen LogP contribution in [0.25, 0.3) is 32.6 Å². The molecule has 2 heterocycles. The second-order valence-electron chi connectivity index (χ2n) is 5.55. The van der Waals surface area contributed by atoms with E-state index in [9.17, 15) is 14.3 Å². The molecule has 0 fully saturated rings. The minimum Gasteiger partial charge on any atom is -0.478 e. The van der Waals surface area contributed by atoms with E-state index in [1.165, 1.54) is 17.4 Å². The van der Waals surface area contributed by atoms with E-state index in [2.05, 4.69) is 4.98 Å². The van der Waals surface area contributed by atoms with E-state index in [0.717, 1.165) is 11.1 Å². The molecule has 0 saturated carbocycles. The maximum atomic E-state index is 13.9. The summed E-state index contributed by atoms with van der Waals surface area (Å²) >= 11 is 1.36. The SMILES string of the molecule is O=C(O)c1cc(-c2ccc(-c3ccccc3F)cc2)nc2ccsc12. The molecule has 0 amide bonds. The first kappa shape index (κ1) is 15.5. The molecule has 122 valence electrons. The molecular weight excluding hydrogens is 337 g/mol. The average Bonchev–Trinajstić information content (AvgIpc) is 3.10. The Bertz CT molecular complexity index is 1090. The Kier molecular flexibility index (Phi) is 3.78. The van der Waals surface area contributed by atoms with Gasteiger partial charge < -0.3 is 5.11 Å². The van der Waals surface area contributed by atoms with Crippen molar-refractivity contribution in [1.82, 2.24) is 4.98 Å². The molecule has 2 aromatic heterocycles. The van der Waals surface area contributed by atoms with E-state index in [4.69, 9.17) is 0 Å². The number of nitrogens with zero attached hydrogens (tertiary/aromatic N) is 1. The maximum absolute atomic E-state index is 13.9. The lowest BCUT2D eigenvalue weighted by Gasteiger charge is -2.07. The number of aromatic carboxylic acids is 1. The van der Waals surface area contributed by atoms with Gasteiger partial charge in [-0.05, 0) is 29.1 Å². The molecule has 1 N–H and O–H groups in total. The number of pyridine rings is 1. The Morgan fingerprint density at radius 3 is 2.44 bits per heavy atom. The summed E-state index contributed by atoms with van der Waals surface area (Å²) in [5, 5.41) is 11.3. The van der Waals surface area contributed by atoms with Crippen LogP contribution in [-0.2, 0) is 0 Å². The molecule has 0 radical (unpaired) electrons. The molecule has 0 spiro atoms. The standard InChI is InChI=1S/C20H12FNO2S/c21-16-4-2-1-3-14(16)12-5-7-13(8-6-12)18-11-15(20(23)24)19-17(22-18)9-10-25-19/h1-11H,(H,23,24). The van der Waals surface area contributed by atoms with Crippen molar-refractivity contribution < 1.29 is 14.3 Å². The number of hydrogen-bond donors (Lipinski definition) is 1. The van der Waals surface area contributed by atoms with Gasteiger partial charge in [0, 0.05) is 11.1 Å². The van der Waals surface area contributed by atoms with Gasteiger partial charge in [0.15, 0.2) is 0 Å². The quantitative estimate of drug-likeness (QED) is 0.534. The molecule has 0 bridgehead atoms. The minimum atomic E-state index is -0.973. The molecule has 0 aliphatic carbocycles. The monoisotopic (exact) mass is 349 g/mol. The summed E-state index contributed by atoms with van der Waals surface area (Å²) in [4.78, 5) is 16.1. The van der Waals surface area contributed by atoms with Gasteiger partial charge in [-0.15, -0.1) is 11.3 Å². The van der Waals surface area contributed by atoms with Crippen LogP contribution in [-0.4, -0.2) is 16.1 Å². The van der Waals surface area contributed by atoms with Gasteiger partial charge >= 0.3 is 5.97 Å². The van der Waals surface area contributed by atoms with Gasteiger partial charge in [-0.3, -0.25) is 0 Å². The fourth-order valence-electron chi connectivity index (χ4n) is 2.78. The third-order valence-corrected chi connectivity index (χ3v) is 4.94. The third-order valence-electron chi connectivity index (χ3n) is 4.01. The highest BCUT2D eigenvalue weighted by Crippen LogP contribution is 2.30. The third kappa shape index (κ3) is 2.79. The summed E-state index contributed by atoms with van der Waals surface area (Å²) in [6.07, 6.45) is 0. The molecule has 0 saturated heterocycles. The van der Waals surface area contributed by atoms with Gasteiger partial charge in [0.2, 0.25) is 0 Å². The number of hydrogen-bond acceptors (Lipinski definition) is 3. The molecular formula is C20H12FNO2S. The number of thiophene rings is 1. The molecule has 25 heavy (non-hydrogen) atoms. The Morgan fingerprint density at radius 2 is 1.72 bits per heavy atom. The Balaban J connectivity index is 1.79. The fraction of sp³-hybridized carbons (Fsp3) is 0. The van der Waals surface area contributed by atoms with Gasteiger partial charge in [0.05, 0.1) is 21.5 Å². The largest absolute Gasteiger partial charge is 0.478 e. The lowest BCUT2D eigenvalue weighted by molar-refractivity contribution is 0.0699. The predicted octanol–water partition coefficient (Wildman–Crippen LogP) is 5.47. The minimum absolute atomic E-state index is 0.244. The first-order valence-corrected chi connectivity index (χ1v) is 8.48. The van der Waals surface area contributed by atoms with Crippen LogP contribution in [0, 0.1) is 5.82 Å². The normalized spacial score (nSPS) is 10.9. The molecule has 4 rings (SSSR count). The van der Waals surface area contributed by atoms with Crippen LogP contribution in [0.3, 0.4) is 0 Å². The van der Waals surface area contributed by atoms with E-state index >= 15 is 0 Å². The van der Waals surface area contributed by atoms with E-state index in [1.54, 1.807) is 24.3 Å². The van der Waals surface area contributed by atoms with Crippen LogP contribution in [0.4, 0.5) is 4.39 Å². The summed E-state index contributed by atoms with van der Waals surface area (Å²) < 4.78 is 14.6. The number of aromatic nitrogens is 1. The molecule has 3 nitrogen and oxygen atoms in total. The average molecular weight is 349 g/mol. The van der Waals surface area contributed by atoms with Crippen LogP contribution in [0.1, 0.15) is 10.4 Å². The summed E-state index contributed by atoms with van der Waals surface area (Å²) in [6.45, 7) is 0. The summed E-state index contributed by atoms with van der Waals surface area (Å²) in [7, 11) is 0. The first-order chi connectivity index (χ1) is 12.1. The Morgan fingerprint density at radius 1 is 1.00 bits per heavy atom. The van der Waals surface area contributed by atoms with Crippen molar-refractivity contribution >= 4 is 27.5 Å². The molecule has 2 aromatic carbocycles. The number of carboxylic acid groups (broad SMARTS) is 1. The second-order valence-corrected chi connectivity index (χ2v) is 6.47. The van der Waals surface area contributed by atoms with Gasteiger partial charge in [-0.2, -0.15) is 0 Å². The highest BCUT2D eigenvalue weighted by Gasteiger charge is 2.14. The van der Waals surface area contributed by atoms with Gasteiger partial charge in [-0.1, -0.05) is 42.5 Å². The molecule has 0 unspecified atom stereocenters. The zero-order chi connectivity index (χ0) is 17.4. The van der Waals surface area contributed by atoms with Crippen molar-refractivity contribution in [3.05, 3.63) is 77.4 Å². The van der Waals surface area contributed by atoms with Crippen LogP contribution in [0.2, 0.25) is 0 Å². The predicted molar refractivity (Wildman–Crippen MR) is 97.4 cm³/mol. The smallest absolute Gasteiger partial charge is 0.337 e. The van der Waals surface area contributed by atoms with Crippen molar-refractivity contribution in [3.8, 4) is 22.4 Å². The zero-order valence-electron chi connectivity index (χ0n) is 12.9. The molecule has 5 heteroatoms. The Labute approximate surface area is 147 Å².